The zero-order chi connectivity index (χ0) is 28.9. The molecule has 0 radical (unpaired) electrons. The third kappa shape index (κ3) is 6.62. The van der Waals surface area contributed by atoms with E-state index in [2.05, 4.69) is 29.7 Å². The number of benzene rings is 3. The molecule has 1 aliphatic rings. The van der Waals surface area contributed by atoms with Crippen molar-refractivity contribution in [1.29, 1.82) is 0 Å². The average molecular weight is 551 g/mol. The van der Waals surface area contributed by atoms with Crippen molar-refractivity contribution < 1.29 is 14.0 Å². The van der Waals surface area contributed by atoms with Crippen molar-refractivity contribution in [1.82, 2.24) is 4.98 Å². The van der Waals surface area contributed by atoms with Crippen molar-refractivity contribution in [2.24, 2.45) is 0 Å². The van der Waals surface area contributed by atoms with Gasteiger partial charge in [0.2, 0.25) is 11.8 Å². The lowest BCUT2D eigenvalue weighted by Crippen LogP contribution is -2.14. The van der Waals surface area contributed by atoms with E-state index < -0.39 is 0 Å². The second kappa shape index (κ2) is 12.3. The SMILES string of the molecule is CCCc1ccc(N)c(-c2ccc(C3CCCCC(=O)Nc4cc(NC(C)=O)ccc4-c4cc(F)cc3c4)nc2)c1. The van der Waals surface area contributed by atoms with Gasteiger partial charge in [0.1, 0.15) is 5.82 Å². The summed E-state index contributed by atoms with van der Waals surface area (Å²) < 4.78 is 15.1. The first-order valence-corrected chi connectivity index (χ1v) is 14.2. The molecule has 1 aromatic heterocycles. The minimum absolute atomic E-state index is 0.120. The van der Waals surface area contributed by atoms with E-state index in [0.29, 0.717) is 41.0 Å². The summed E-state index contributed by atoms with van der Waals surface area (Å²) in [6.45, 7) is 3.58. The quantitative estimate of drug-likeness (QED) is 0.222. The molecule has 4 N–H and O–H groups in total. The molecule has 2 amide bonds. The highest BCUT2D eigenvalue weighted by molar-refractivity contribution is 5.98. The van der Waals surface area contributed by atoms with Crippen LogP contribution in [-0.2, 0) is 16.0 Å². The Bertz CT molecular complexity index is 1580. The smallest absolute Gasteiger partial charge is 0.224 e. The summed E-state index contributed by atoms with van der Waals surface area (Å²) in [7, 11) is 0. The lowest BCUT2D eigenvalue weighted by Gasteiger charge is -2.21. The van der Waals surface area contributed by atoms with Crippen molar-refractivity contribution in [3.05, 3.63) is 95.6 Å². The van der Waals surface area contributed by atoms with Crippen LogP contribution >= 0.6 is 0 Å². The predicted octanol–water partition coefficient (Wildman–Crippen LogP) is 7.69. The molecule has 0 saturated carbocycles. The van der Waals surface area contributed by atoms with Gasteiger partial charge in [-0.1, -0.05) is 44.0 Å². The van der Waals surface area contributed by atoms with Crippen LogP contribution in [0.1, 0.15) is 68.7 Å². The van der Waals surface area contributed by atoms with Gasteiger partial charge in [-0.3, -0.25) is 14.6 Å². The number of hydrogen-bond donors (Lipinski definition) is 3. The van der Waals surface area contributed by atoms with Gasteiger partial charge in [0, 0.05) is 59.2 Å². The summed E-state index contributed by atoms with van der Waals surface area (Å²) in [4.78, 5) is 29.3. The van der Waals surface area contributed by atoms with E-state index in [1.165, 1.54) is 18.6 Å². The second-order valence-corrected chi connectivity index (χ2v) is 10.7. The number of halogens is 1. The Morgan fingerprint density at radius 2 is 1.88 bits per heavy atom. The Kier molecular flexibility index (Phi) is 8.43. The first-order chi connectivity index (χ1) is 19.8. The van der Waals surface area contributed by atoms with Gasteiger partial charge in [0.25, 0.3) is 0 Å². The summed E-state index contributed by atoms with van der Waals surface area (Å²) in [6, 6.07) is 20.5. The minimum Gasteiger partial charge on any atom is -0.398 e. The number of pyridine rings is 1. The number of nitrogens with one attached hydrogen (secondary N) is 2. The number of aromatic nitrogens is 1. The van der Waals surface area contributed by atoms with Gasteiger partial charge < -0.3 is 16.4 Å². The first-order valence-electron chi connectivity index (χ1n) is 14.2. The Hall–Kier alpha value is -4.52. The molecule has 41 heavy (non-hydrogen) atoms. The predicted molar refractivity (Wildman–Crippen MR) is 163 cm³/mol. The normalized spacial score (nSPS) is 15.2. The van der Waals surface area contributed by atoms with E-state index in [9.17, 15) is 9.59 Å². The molecule has 0 spiro atoms. The van der Waals surface area contributed by atoms with Crippen LogP contribution in [0.15, 0.2) is 72.9 Å². The number of amides is 2. The second-order valence-electron chi connectivity index (χ2n) is 10.7. The molecule has 5 rings (SSSR count). The number of nitrogen functional groups attached to an aromatic ring is 1. The maximum absolute atomic E-state index is 15.1. The number of hydrogen-bond acceptors (Lipinski definition) is 4. The number of nitrogens with zero attached hydrogens (tertiary/aromatic N) is 1. The van der Waals surface area contributed by atoms with Crippen molar-refractivity contribution in [3.8, 4) is 22.3 Å². The summed E-state index contributed by atoms with van der Waals surface area (Å²) in [5.41, 5.74) is 14.2. The maximum Gasteiger partial charge on any atom is 0.224 e. The van der Waals surface area contributed by atoms with Crippen LogP contribution < -0.4 is 16.4 Å². The monoisotopic (exact) mass is 550 g/mol. The molecule has 3 aromatic carbocycles. The molecule has 210 valence electrons. The van der Waals surface area contributed by atoms with Crippen LogP contribution in [0.5, 0.6) is 0 Å². The molecule has 0 aliphatic carbocycles. The summed E-state index contributed by atoms with van der Waals surface area (Å²) >= 11 is 0. The van der Waals surface area contributed by atoms with Gasteiger partial charge in [-0.25, -0.2) is 4.39 Å². The van der Waals surface area contributed by atoms with Gasteiger partial charge in [-0.15, -0.1) is 0 Å². The topological polar surface area (TPSA) is 97.1 Å². The fourth-order valence-electron chi connectivity index (χ4n) is 5.55. The minimum atomic E-state index is -0.361. The average Bonchev–Trinajstić information content (AvgIpc) is 2.93. The summed E-state index contributed by atoms with van der Waals surface area (Å²) in [5.74, 6) is -0.840. The van der Waals surface area contributed by atoms with Crippen LogP contribution in [0.3, 0.4) is 0 Å². The molecule has 0 saturated heterocycles. The van der Waals surface area contributed by atoms with Crippen LogP contribution in [0, 0.1) is 5.82 Å². The third-order valence-electron chi connectivity index (χ3n) is 7.50. The molecule has 1 atom stereocenters. The Morgan fingerprint density at radius 1 is 1.02 bits per heavy atom. The molecule has 1 aliphatic heterocycles. The number of anilines is 3. The maximum atomic E-state index is 15.1. The third-order valence-corrected chi connectivity index (χ3v) is 7.50. The number of fused-ring (bicyclic) bond motifs is 4. The fourth-order valence-corrected chi connectivity index (χ4v) is 5.55. The highest BCUT2D eigenvalue weighted by atomic mass is 19.1. The molecular formula is C34H35FN4O2. The first kappa shape index (κ1) is 28.0. The molecular weight excluding hydrogens is 515 g/mol. The fraction of sp³-hybridized carbons (Fsp3) is 0.265. The van der Waals surface area contributed by atoms with Gasteiger partial charge in [0.15, 0.2) is 0 Å². The van der Waals surface area contributed by atoms with Gasteiger partial charge >= 0.3 is 0 Å². The lowest BCUT2D eigenvalue weighted by molar-refractivity contribution is -0.116. The van der Waals surface area contributed by atoms with Crippen LogP contribution in [0.25, 0.3) is 22.3 Å². The number of carbonyl (C=O) groups is 2. The Morgan fingerprint density at radius 3 is 2.63 bits per heavy atom. The van der Waals surface area contributed by atoms with Gasteiger partial charge in [-0.2, -0.15) is 0 Å². The largest absolute Gasteiger partial charge is 0.398 e. The summed E-state index contributed by atoms with van der Waals surface area (Å²) in [5, 5.41) is 5.72. The highest BCUT2D eigenvalue weighted by Gasteiger charge is 2.21. The van der Waals surface area contributed by atoms with E-state index in [1.54, 1.807) is 24.3 Å². The van der Waals surface area contributed by atoms with Crippen molar-refractivity contribution in [3.63, 3.8) is 0 Å². The molecule has 0 fully saturated rings. The highest BCUT2D eigenvalue weighted by Crippen LogP contribution is 2.37. The van der Waals surface area contributed by atoms with Gasteiger partial charge in [0.05, 0.1) is 5.69 Å². The molecule has 1 unspecified atom stereocenters. The van der Waals surface area contributed by atoms with Crippen LogP contribution in [-0.4, -0.2) is 16.8 Å². The van der Waals surface area contributed by atoms with Crippen molar-refractivity contribution in [2.75, 3.05) is 16.4 Å². The molecule has 2 heterocycles. The van der Waals surface area contributed by atoms with E-state index in [-0.39, 0.29) is 23.5 Å². The molecule has 7 heteroatoms. The molecule has 6 nitrogen and oxygen atoms in total. The molecule has 2 bridgehead atoms. The number of nitrogens with two attached hydrogens (primary N) is 1. The summed E-state index contributed by atoms with van der Waals surface area (Å²) in [6.07, 6.45) is 6.43. The van der Waals surface area contributed by atoms with E-state index >= 15 is 4.39 Å². The lowest BCUT2D eigenvalue weighted by atomic mass is 9.87. The number of aryl methyl sites for hydroxylation is 1. The van der Waals surface area contributed by atoms with Crippen LogP contribution in [0.4, 0.5) is 21.5 Å². The van der Waals surface area contributed by atoms with Crippen LogP contribution in [0.2, 0.25) is 0 Å². The molecule has 4 aromatic rings. The van der Waals surface area contributed by atoms with Gasteiger partial charge in [-0.05, 0) is 78.4 Å². The zero-order valence-corrected chi connectivity index (χ0v) is 23.5. The Labute approximate surface area is 240 Å². The van der Waals surface area contributed by atoms with E-state index in [4.69, 9.17) is 10.7 Å². The Balaban J connectivity index is 1.54. The van der Waals surface area contributed by atoms with E-state index in [0.717, 1.165) is 48.1 Å². The number of rotatable bonds is 5. The van der Waals surface area contributed by atoms with Crippen molar-refractivity contribution >= 4 is 28.9 Å². The number of carbonyl (C=O) groups excluding carboxylic acids is 2. The standard InChI is InChI=1S/C34H35FN4O2/c1-3-6-22-9-13-31(36)30(15-22)23-10-14-32(37-20-23)28-7-4-5-8-34(41)39-33-19-27(38-21(2)40)11-12-29(33)25-16-24(28)17-26(35)18-25/h9-20,28H,3-8,36H2,1-2H3,(H,38,40)(H,39,41). The van der Waals surface area contributed by atoms with Crippen molar-refractivity contribution in [2.45, 2.75) is 58.3 Å². The zero-order valence-electron chi connectivity index (χ0n) is 23.5. The van der Waals surface area contributed by atoms with E-state index in [1.807, 2.05) is 30.5 Å².